The van der Waals surface area contributed by atoms with Crippen LogP contribution in [0.15, 0.2) is 30.3 Å². The Morgan fingerprint density at radius 3 is 2.54 bits per heavy atom. The van der Waals surface area contributed by atoms with Gasteiger partial charge in [0.05, 0.1) is 6.73 Å². The van der Waals surface area contributed by atoms with Crippen LogP contribution >= 0.6 is 0 Å². The number of amides is 1. The van der Waals surface area contributed by atoms with Gasteiger partial charge >= 0.3 is 0 Å². The highest BCUT2D eigenvalue weighted by atomic mass is 16.3. The quantitative estimate of drug-likeness (QED) is 0.643. The predicted molar refractivity (Wildman–Crippen MR) is 47.5 cm³/mol. The first kappa shape index (κ1) is 9.70. The number of aliphatic hydroxyl groups is 1. The maximum Gasteiger partial charge on any atom is 0.260 e. The minimum atomic E-state index is -0.750. The molecule has 69 valence electrons. The Balaban J connectivity index is 2.82. The van der Waals surface area contributed by atoms with Gasteiger partial charge in [0.15, 0.2) is 0 Å². The second-order valence-corrected chi connectivity index (χ2v) is 2.57. The zero-order valence-electron chi connectivity index (χ0n) is 7.03. The van der Waals surface area contributed by atoms with Crippen LogP contribution in [0.3, 0.4) is 0 Å². The highest BCUT2D eigenvalue weighted by Crippen LogP contribution is 2.11. The van der Waals surface area contributed by atoms with E-state index in [-0.39, 0.29) is 6.73 Å². The monoisotopic (exact) mass is 179 g/mol. The number of benzene rings is 1. The van der Waals surface area contributed by atoms with E-state index >= 15 is 0 Å². The van der Waals surface area contributed by atoms with Gasteiger partial charge in [0.1, 0.15) is 6.04 Å². The number of hydrogen-bond acceptors (Lipinski definition) is 3. The molecule has 0 spiro atoms. The van der Waals surface area contributed by atoms with Gasteiger partial charge in [-0.05, 0) is 5.56 Å². The first-order valence-corrected chi connectivity index (χ1v) is 3.90. The summed E-state index contributed by atoms with van der Waals surface area (Å²) in [5.74, 6) is -0.750. The number of rotatable bonds is 4. The summed E-state index contributed by atoms with van der Waals surface area (Å²) in [7, 11) is 0. The third-order valence-electron chi connectivity index (χ3n) is 1.69. The van der Waals surface area contributed by atoms with Gasteiger partial charge in [-0.15, -0.1) is 0 Å². The molecular weight excluding hydrogens is 168 g/mol. The molecule has 1 aromatic carbocycles. The first-order chi connectivity index (χ1) is 6.25. The third kappa shape index (κ3) is 2.54. The fourth-order valence-electron chi connectivity index (χ4n) is 1.10. The number of hydrogen-bond donors (Lipinski definition) is 2. The van der Waals surface area contributed by atoms with E-state index in [2.05, 4.69) is 5.32 Å². The molecule has 1 atom stereocenters. The van der Waals surface area contributed by atoms with E-state index in [0.717, 1.165) is 0 Å². The molecule has 13 heavy (non-hydrogen) atoms. The summed E-state index contributed by atoms with van der Waals surface area (Å²) in [5.41, 5.74) is 7.65. The molecule has 0 saturated heterocycles. The summed E-state index contributed by atoms with van der Waals surface area (Å²) in [4.78, 5) is 10.8. The van der Waals surface area contributed by atoms with Crippen LogP contribution in [-0.4, -0.2) is 17.7 Å². The highest BCUT2D eigenvalue weighted by Gasteiger charge is 2.16. The van der Waals surface area contributed by atoms with Gasteiger partial charge in [-0.25, -0.2) is 0 Å². The Hall–Kier alpha value is -1.39. The molecule has 0 aliphatic rings. The summed E-state index contributed by atoms with van der Waals surface area (Å²) >= 11 is 0. The Morgan fingerprint density at radius 2 is 2.08 bits per heavy atom. The minimum Gasteiger partial charge on any atom is -0.381 e. The number of carbonyl (C=O) groups excluding carboxylic acids is 1. The second kappa shape index (κ2) is 4.59. The average Bonchev–Trinajstić information content (AvgIpc) is 2.15. The van der Waals surface area contributed by atoms with Crippen LogP contribution in [0.1, 0.15) is 11.6 Å². The molecule has 0 heterocycles. The molecule has 4 nitrogen and oxygen atoms in total. The smallest absolute Gasteiger partial charge is 0.260 e. The van der Waals surface area contributed by atoms with Crippen LogP contribution in [0, 0.1) is 0 Å². The molecule has 0 aliphatic heterocycles. The maximum atomic E-state index is 10.8. The lowest BCUT2D eigenvalue weighted by Crippen LogP contribution is -2.29. The fourth-order valence-corrected chi connectivity index (χ4v) is 1.10. The number of carbonyl (C=O) groups is 1. The zero-order chi connectivity index (χ0) is 9.68. The van der Waals surface area contributed by atoms with E-state index in [4.69, 9.17) is 10.8 Å². The van der Waals surface area contributed by atoms with Gasteiger partial charge in [-0.1, -0.05) is 30.3 Å². The Morgan fingerprint density at radius 1 is 1.46 bits per heavy atom. The van der Waals surface area contributed by atoms with Crippen molar-refractivity contribution in [2.45, 2.75) is 6.04 Å². The van der Waals surface area contributed by atoms with Gasteiger partial charge in [-0.2, -0.15) is 0 Å². The van der Waals surface area contributed by atoms with E-state index in [1.165, 1.54) is 0 Å². The van der Waals surface area contributed by atoms with Crippen molar-refractivity contribution in [3.8, 4) is 0 Å². The van der Waals surface area contributed by atoms with Crippen molar-refractivity contribution in [3.63, 3.8) is 0 Å². The summed E-state index contributed by atoms with van der Waals surface area (Å²) < 4.78 is 0. The third-order valence-corrected chi connectivity index (χ3v) is 1.69. The van der Waals surface area contributed by atoms with E-state index in [1.807, 2.05) is 6.07 Å². The molecule has 0 saturated carbocycles. The molecular formula is C9H11N2O2. The first-order valence-electron chi connectivity index (χ1n) is 3.90. The number of nitrogens with one attached hydrogen (secondary N) is 2. The number of aliphatic hydroxyl groups excluding tert-OH is 1. The van der Waals surface area contributed by atoms with Crippen LogP contribution in [-0.2, 0) is 4.79 Å². The Kier molecular flexibility index (Phi) is 3.42. The molecule has 1 unspecified atom stereocenters. The Labute approximate surface area is 76.4 Å². The van der Waals surface area contributed by atoms with Crippen molar-refractivity contribution < 1.29 is 9.90 Å². The molecule has 0 aromatic heterocycles. The molecule has 1 amide bonds. The van der Waals surface area contributed by atoms with Crippen molar-refractivity contribution in [3.05, 3.63) is 35.9 Å². The predicted octanol–water partition coefficient (Wildman–Crippen LogP) is 0.0766. The molecule has 0 fully saturated rings. The van der Waals surface area contributed by atoms with Crippen LogP contribution in [0.2, 0.25) is 0 Å². The van der Waals surface area contributed by atoms with E-state index in [9.17, 15) is 4.79 Å². The SMILES string of the molecule is [NH]C(=O)C(NCO)c1ccccc1. The molecule has 1 rings (SSSR count). The second-order valence-electron chi connectivity index (χ2n) is 2.57. The standard InChI is InChI=1S/C9H11N2O2/c10-9(13)8(11-6-12)7-4-2-1-3-5-7/h1-5,8,10-12H,6H2. The van der Waals surface area contributed by atoms with Crippen molar-refractivity contribution in [2.75, 3.05) is 6.73 Å². The van der Waals surface area contributed by atoms with Crippen LogP contribution < -0.4 is 11.1 Å². The van der Waals surface area contributed by atoms with Crippen LogP contribution in [0.25, 0.3) is 0 Å². The summed E-state index contributed by atoms with van der Waals surface area (Å²) in [6, 6.07) is 8.13. The summed E-state index contributed by atoms with van der Waals surface area (Å²) in [6.45, 7) is -0.315. The average molecular weight is 179 g/mol. The molecule has 1 radical (unpaired) electrons. The molecule has 3 N–H and O–H groups in total. The van der Waals surface area contributed by atoms with Gasteiger partial charge in [-0.3, -0.25) is 15.8 Å². The lowest BCUT2D eigenvalue weighted by molar-refractivity contribution is -0.121. The van der Waals surface area contributed by atoms with E-state index in [0.29, 0.717) is 5.56 Å². The Bertz CT molecular complexity index is 274. The highest BCUT2D eigenvalue weighted by molar-refractivity contribution is 5.80. The normalized spacial score (nSPS) is 12.4. The molecule has 0 aliphatic carbocycles. The van der Waals surface area contributed by atoms with Crippen molar-refractivity contribution >= 4 is 5.91 Å². The van der Waals surface area contributed by atoms with Crippen molar-refractivity contribution in [1.82, 2.24) is 11.1 Å². The van der Waals surface area contributed by atoms with Gasteiger partial charge in [0, 0.05) is 0 Å². The lowest BCUT2D eigenvalue weighted by Gasteiger charge is -2.12. The minimum absolute atomic E-state index is 0.315. The van der Waals surface area contributed by atoms with Crippen molar-refractivity contribution in [1.29, 1.82) is 0 Å². The lowest BCUT2D eigenvalue weighted by atomic mass is 10.1. The van der Waals surface area contributed by atoms with Crippen LogP contribution in [0.4, 0.5) is 0 Å². The van der Waals surface area contributed by atoms with E-state index < -0.39 is 11.9 Å². The molecule has 1 aromatic rings. The largest absolute Gasteiger partial charge is 0.381 e. The topological polar surface area (TPSA) is 73.1 Å². The van der Waals surface area contributed by atoms with Crippen LogP contribution in [0.5, 0.6) is 0 Å². The summed E-state index contributed by atoms with van der Waals surface area (Å²) in [5, 5.41) is 11.1. The molecule has 4 heteroatoms. The van der Waals surface area contributed by atoms with Gasteiger partial charge in [0.25, 0.3) is 5.91 Å². The summed E-state index contributed by atoms with van der Waals surface area (Å²) in [6.07, 6.45) is 0. The van der Waals surface area contributed by atoms with E-state index in [1.54, 1.807) is 24.3 Å². The van der Waals surface area contributed by atoms with Gasteiger partial charge < -0.3 is 5.11 Å². The van der Waals surface area contributed by atoms with Gasteiger partial charge in [0.2, 0.25) is 0 Å². The maximum absolute atomic E-state index is 10.8. The fraction of sp³-hybridized carbons (Fsp3) is 0.222. The van der Waals surface area contributed by atoms with Crippen molar-refractivity contribution in [2.24, 2.45) is 0 Å². The molecule has 0 bridgehead atoms. The zero-order valence-corrected chi connectivity index (χ0v) is 7.03.